The predicted octanol–water partition coefficient (Wildman–Crippen LogP) is 3.99. The van der Waals surface area contributed by atoms with Crippen LogP contribution in [0.25, 0.3) is 0 Å². The van der Waals surface area contributed by atoms with Gasteiger partial charge >= 0.3 is 0 Å². The predicted molar refractivity (Wildman–Crippen MR) is 110 cm³/mol. The van der Waals surface area contributed by atoms with E-state index in [1.54, 1.807) is 0 Å². The molecule has 0 radical (unpaired) electrons. The number of likely N-dealkylation sites (N-methyl/N-ethyl adjacent to an activating group) is 1. The quantitative estimate of drug-likeness (QED) is 0.604. The molecule has 0 aliphatic carbocycles. The van der Waals surface area contributed by atoms with Gasteiger partial charge in [0.1, 0.15) is 4.21 Å². The number of carbonyl (C=O) groups is 1. The minimum absolute atomic E-state index is 0.112. The van der Waals surface area contributed by atoms with E-state index in [2.05, 4.69) is 5.32 Å². The first-order valence-corrected chi connectivity index (χ1v) is 11.5. The fourth-order valence-corrected chi connectivity index (χ4v) is 6.13. The molecule has 1 atom stereocenters. The summed E-state index contributed by atoms with van der Waals surface area (Å²) in [4.78, 5) is 13.6. The Hall–Kier alpha value is -1.71. The highest BCUT2D eigenvalue weighted by Crippen LogP contribution is 2.28. The molecule has 5 nitrogen and oxygen atoms in total. The van der Waals surface area contributed by atoms with Crippen molar-refractivity contribution in [2.24, 2.45) is 0 Å². The third-order valence-electron chi connectivity index (χ3n) is 3.85. The first kappa shape index (κ1) is 20.0. The molecule has 1 N–H and O–H groups in total. The summed E-state index contributed by atoms with van der Waals surface area (Å²) in [6, 6.07) is 16.1. The van der Waals surface area contributed by atoms with Gasteiger partial charge in [0.25, 0.3) is 10.0 Å². The van der Waals surface area contributed by atoms with E-state index >= 15 is 0 Å². The topological polar surface area (TPSA) is 66.5 Å². The largest absolute Gasteiger partial charge is 0.343 e. The van der Waals surface area contributed by atoms with Crippen molar-refractivity contribution < 1.29 is 13.2 Å². The highest BCUT2D eigenvalue weighted by atomic mass is 35.5. The number of rotatable bonds is 7. The molecule has 1 amide bonds. The number of sulfonamides is 1. The van der Waals surface area contributed by atoms with E-state index in [1.807, 2.05) is 47.8 Å². The molecule has 0 spiro atoms. The lowest BCUT2D eigenvalue weighted by molar-refractivity contribution is -0.121. The lowest BCUT2D eigenvalue weighted by Crippen LogP contribution is -2.39. The van der Waals surface area contributed by atoms with Crippen molar-refractivity contribution in [1.82, 2.24) is 9.62 Å². The number of carbonyl (C=O) groups excluding carboxylic acids is 1. The normalized spacial score (nSPS) is 12.9. The summed E-state index contributed by atoms with van der Waals surface area (Å²) in [5.41, 5.74) is 0.934. The van der Waals surface area contributed by atoms with Crippen LogP contribution in [0.3, 0.4) is 0 Å². The lowest BCUT2D eigenvalue weighted by Gasteiger charge is -2.21. The molecule has 0 saturated heterocycles. The third kappa shape index (κ3) is 4.77. The van der Waals surface area contributed by atoms with Gasteiger partial charge in [0.15, 0.2) is 0 Å². The molecule has 0 aliphatic rings. The number of benzene rings is 1. The van der Waals surface area contributed by atoms with Crippen LogP contribution in [0, 0.1) is 0 Å². The maximum absolute atomic E-state index is 12.6. The zero-order valence-corrected chi connectivity index (χ0v) is 17.5. The molecular formula is C18H17ClN2O3S3. The highest BCUT2D eigenvalue weighted by molar-refractivity contribution is 7.91. The summed E-state index contributed by atoms with van der Waals surface area (Å²) >= 11 is 8.33. The molecule has 9 heteroatoms. The molecule has 1 unspecified atom stereocenters. The number of nitrogens with zero attached hydrogens (tertiary/aromatic N) is 1. The van der Waals surface area contributed by atoms with Gasteiger partial charge in [-0.05, 0) is 29.1 Å². The van der Waals surface area contributed by atoms with Gasteiger partial charge in [-0.1, -0.05) is 48.0 Å². The fraction of sp³-hybridized carbons (Fsp3) is 0.167. The second-order valence-electron chi connectivity index (χ2n) is 5.75. The van der Waals surface area contributed by atoms with Crippen LogP contribution in [0.1, 0.15) is 16.5 Å². The molecule has 0 fully saturated rings. The number of amides is 1. The zero-order valence-electron chi connectivity index (χ0n) is 14.3. The second kappa shape index (κ2) is 8.53. The van der Waals surface area contributed by atoms with Crippen LogP contribution < -0.4 is 5.32 Å². The number of halogens is 1. The summed E-state index contributed by atoms with van der Waals surface area (Å²) in [6.07, 6.45) is 0. The fourth-order valence-electron chi connectivity index (χ4n) is 2.50. The molecule has 2 aromatic heterocycles. The van der Waals surface area contributed by atoms with Crippen molar-refractivity contribution in [3.05, 3.63) is 74.8 Å². The lowest BCUT2D eigenvalue weighted by atomic mass is 10.1. The molecule has 0 saturated carbocycles. The second-order valence-corrected chi connectivity index (χ2v) is 10.7. The van der Waals surface area contributed by atoms with E-state index in [4.69, 9.17) is 11.6 Å². The van der Waals surface area contributed by atoms with Gasteiger partial charge in [0.05, 0.1) is 16.9 Å². The molecule has 3 aromatic rings. The number of hydrogen-bond donors (Lipinski definition) is 1. The molecule has 3 rings (SSSR count). The van der Waals surface area contributed by atoms with Crippen LogP contribution in [0.2, 0.25) is 4.34 Å². The summed E-state index contributed by atoms with van der Waals surface area (Å²) < 4.78 is 26.7. The minimum atomic E-state index is -3.76. The summed E-state index contributed by atoms with van der Waals surface area (Å²) in [6.45, 7) is -0.285. The van der Waals surface area contributed by atoms with Gasteiger partial charge in [-0.2, -0.15) is 4.31 Å². The zero-order chi connectivity index (χ0) is 19.4. The summed E-state index contributed by atoms with van der Waals surface area (Å²) in [5.74, 6) is -0.383. The Morgan fingerprint density at radius 3 is 2.48 bits per heavy atom. The molecule has 2 heterocycles. The maximum Gasteiger partial charge on any atom is 0.252 e. The van der Waals surface area contributed by atoms with E-state index in [9.17, 15) is 13.2 Å². The van der Waals surface area contributed by atoms with Gasteiger partial charge in [-0.15, -0.1) is 22.7 Å². The maximum atomic E-state index is 12.6. The van der Waals surface area contributed by atoms with Gasteiger partial charge in [0.2, 0.25) is 5.91 Å². The van der Waals surface area contributed by atoms with E-state index in [-0.39, 0.29) is 22.7 Å². The van der Waals surface area contributed by atoms with Gasteiger partial charge in [-0.25, -0.2) is 8.42 Å². The minimum Gasteiger partial charge on any atom is -0.343 e. The van der Waals surface area contributed by atoms with Crippen LogP contribution in [0.15, 0.2) is 64.2 Å². The van der Waals surface area contributed by atoms with Crippen molar-refractivity contribution >= 4 is 50.2 Å². The first-order chi connectivity index (χ1) is 12.9. The average molecular weight is 441 g/mol. The Balaban J connectivity index is 1.75. The Morgan fingerprint density at radius 2 is 1.89 bits per heavy atom. The van der Waals surface area contributed by atoms with Crippen molar-refractivity contribution in [3.63, 3.8) is 0 Å². The Morgan fingerprint density at radius 1 is 1.15 bits per heavy atom. The molecule has 0 bridgehead atoms. The SMILES string of the molecule is CN(CC(=O)NC(c1ccccc1)c1cccs1)S(=O)(=O)c1ccc(Cl)s1. The molecule has 1 aromatic carbocycles. The van der Waals surface area contributed by atoms with Crippen LogP contribution >= 0.6 is 34.3 Å². The molecule has 142 valence electrons. The Kier molecular flexibility index (Phi) is 6.33. The first-order valence-electron chi connectivity index (χ1n) is 7.97. The summed E-state index contributed by atoms with van der Waals surface area (Å²) in [7, 11) is -2.38. The van der Waals surface area contributed by atoms with E-state index < -0.39 is 10.0 Å². The smallest absolute Gasteiger partial charge is 0.252 e. The standard InChI is InChI=1S/C18H17ClN2O3S3/c1-21(27(23,24)17-10-9-15(19)26-17)12-16(22)20-18(14-8-5-11-25-14)13-6-3-2-4-7-13/h2-11,18H,12H2,1H3,(H,20,22). The number of nitrogens with one attached hydrogen (secondary N) is 1. The van der Waals surface area contributed by atoms with Crippen molar-refractivity contribution in [2.45, 2.75) is 10.3 Å². The van der Waals surface area contributed by atoms with Crippen molar-refractivity contribution in [1.29, 1.82) is 0 Å². The van der Waals surface area contributed by atoms with E-state index in [0.717, 1.165) is 26.1 Å². The molecular weight excluding hydrogens is 424 g/mol. The average Bonchev–Trinajstić information content (AvgIpc) is 3.32. The van der Waals surface area contributed by atoms with Crippen LogP contribution in [-0.4, -0.2) is 32.2 Å². The van der Waals surface area contributed by atoms with Crippen LogP contribution in [0.4, 0.5) is 0 Å². The molecule has 27 heavy (non-hydrogen) atoms. The highest BCUT2D eigenvalue weighted by Gasteiger charge is 2.26. The Bertz CT molecular complexity index is 1000. The van der Waals surface area contributed by atoms with Crippen molar-refractivity contribution in [2.75, 3.05) is 13.6 Å². The van der Waals surface area contributed by atoms with Gasteiger partial charge in [-0.3, -0.25) is 4.79 Å². The van der Waals surface area contributed by atoms with Crippen LogP contribution in [-0.2, 0) is 14.8 Å². The van der Waals surface area contributed by atoms with Gasteiger partial charge < -0.3 is 5.32 Å². The third-order valence-corrected chi connectivity index (χ3v) is 8.28. The Labute approximate surface area is 171 Å². The molecule has 0 aliphatic heterocycles. The monoisotopic (exact) mass is 440 g/mol. The van der Waals surface area contributed by atoms with Crippen LogP contribution in [0.5, 0.6) is 0 Å². The number of hydrogen-bond acceptors (Lipinski definition) is 5. The van der Waals surface area contributed by atoms with Gasteiger partial charge in [0, 0.05) is 11.9 Å². The summed E-state index contributed by atoms with van der Waals surface area (Å²) in [5, 5.41) is 4.88. The number of thiophene rings is 2. The van der Waals surface area contributed by atoms with Crippen molar-refractivity contribution in [3.8, 4) is 0 Å². The van der Waals surface area contributed by atoms with E-state index in [1.165, 1.54) is 30.5 Å². The van der Waals surface area contributed by atoms with E-state index in [0.29, 0.717) is 4.34 Å².